The molecule has 21 heavy (non-hydrogen) atoms. The fourth-order valence-corrected chi connectivity index (χ4v) is 3.67. The summed E-state index contributed by atoms with van der Waals surface area (Å²) in [6, 6.07) is 0. The Kier molecular flexibility index (Phi) is 11.7. The Labute approximate surface area is 136 Å². The molecule has 1 aromatic heterocycles. The highest BCUT2D eigenvalue weighted by atomic mass is 32.2. The van der Waals surface area contributed by atoms with Gasteiger partial charge in [0.05, 0.1) is 6.33 Å². The van der Waals surface area contributed by atoms with E-state index in [1.807, 2.05) is 12.5 Å². The number of imidazole rings is 1. The summed E-state index contributed by atoms with van der Waals surface area (Å²) in [7, 11) is 0. The standard InChI is InChI=1S/C18H34N2S/c1-3-4-5-6-7-8-9-10-11-12-15-21-18(2)16-20-14-13-19-17-20/h13-14,17-18H,3-12,15-16H2,1-2H3. The van der Waals surface area contributed by atoms with Crippen LogP contribution in [-0.4, -0.2) is 20.6 Å². The van der Waals surface area contributed by atoms with Gasteiger partial charge in [0, 0.05) is 24.2 Å². The summed E-state index contributed by atoms with van der Waals surface area (Å²) in [6.45, 7) is 5.69. The van der Waals surface area contributed by atoms with Crippen LogP contribution in [0.15, 0.2) is 18.7 Å². The second-order valence-corrected chi connectivity index (χ2v) is 7.67. The van der Waals surface area contributed by atoms with E-state index < -0.39 is 0 Å². The minimum Gasteiger partial charge on any atom is -0.336 e. The molecule has 0 aliphatic heterocycles. The molecule has 0 radical (unpaired) electrons. The third kappa shape index (κ3) is 10.9. The first-order chi connectivity index (χ1) is 10.3. The van der Waals surface area contributed by atoms with E-state index in [4.69, 9.17) is 0 Å². The van der Waals surface area contributed by atoms with Crippen LogP contribution in [-0.2, 0) is 6.54 Å². The number of rotatable bonds is 14. The topological polar surface area (TPSA) is 17.8 Å². The minimum absolute atomic E-state index is 0.692. The van der Waals surface area contributed by atoms with Crippen LogP contribution in [0.2, 0.25) is 0 Å². The van der Waals surface area contributed by atoms with E-state index >= 15 is 0 Å². The molecule has 1 rings (SSSR count). The van der Waals surface area contributed by atoms with Crippen molar-refractivity contribution in [2.24, 2.45) is 0 Å². The Morgan fingerprint density at radius 2 is 1.57 bits per heavy atom. The lowest BCUT2D eigenvalue weighted by molar-refractivity contribution is 0.563. The lowest BCUT2D eigenvalue weighted by Gasteiger charge is -2.11. The Bertz CT molecular complexity index is 311. The third-order valence-corrected chi connectivity index (χ3v) is 5.17. The van der Waals surface area contributed by atoms with Gasteiger partial charge in [-0.05, 0) is 12.2 Å². The average Bonchev–Trinajstić information content (AvgIpc) is 2.97. The van der Waals surface area contributed by atoms with Crippen molar-refractivity contribution in [3.8, 4) is 0 Å². The molecule has 0 spiro atoms. The van der Waals surface area contributed by atoms with Gasteiger partial charge in [-0.25, -0.2) is 4.98 Å². The maximum atomic E-state index is 4.09. The Hall–Kier alpha value is -0.440. The molecule has 1 atom stereocenters. The van der Waals surface area contributed by atoms with Crippen molar-refractivity contribution in [3.05, 3.63) is 18.7 Å². The zero-order valence-corrected chi connectivity index (χ0v) is 14.9. The fraction of sp³-hybridized carbons (Fsp3) is 0.833. The number of unbranched alkanes of at least 4 members (excludes halogenated alkanes) is 9. The van der Waals surface area contributed by atoms with Crippen LogP contribution in [0.25, 0.3) is 0 Å². The predicted octanol–water partition coefficient (Wildman–Crippen LogP) is 5.93. The van der Waals surface area contributed by atoms with Gasteiger partial charge in [-0.1, -0.05) is 71.6 Å². The predicted molar refractivity (Wildman–Crippen MR) is 96.0 cm³/mol. The van der Waals surface area contributed by atoms with Crippen LogP contribution in [0.4, 0.5) is 0 Å². The van der Waals surface area contributed by atoms with E-state index in [-0.39, 0.29) is 0 Å². The average molecular weight is 311 g/mol. The molecule has 0 amide bonds. The molecule has 122 valence electrons. The smallest absolute Gasteiger partial charge is 0.0946 e. The van der Waals surface area contributed by atoms with Crippen molar-refractivity contribution in [1.29, 1.82) is 0 Å². The summed E-state index contributed by atoms with van der Waals surface area (Å²) in [5.41, 5.74) is 0. The Balaban J connectivity index is 1.80. The molecule has 3 heteroatoms. The van der Waals surface area contributed by atoms with E-state index in [0.717, 1.165) is 6.54 Å². The maximum Gasteiger partial charge on any atom is 0.0946 e. The number of hydrogen-bond acceptors (Lipinski definition) is 2. The van der Waals surface area contributed by atoms with Crippen molar-refractivity contribution in [2.75, 3.05) is 5.75 Å². The van der Waals surface area contributed by atoms with E-state index in [1.165, 1.54) is 70.0 Å². The normalized spacial score (nSPS) is 12.7. The van der Waals surface area contributed by atoms with Crippen LogP contribution in [0.5, 0.6) is 0 Å². The zero-order valence-electron chi connectivity index (χ0n) is 14.1. The van der Waals surface area contributed by atoms with Gasteiger partial charge >= 0.3 is 0 Å². The van der Waals surface area contributed by atoms with E-state index in [9.17, 15) is 0 Å². The molecule has 1 aromatic rings. The molecule has 2 nitrogen and oxygen atoms in total. The molecule has 0 aliphatic carbocycles. The molecular weight excluding hydrogens is 276 g/mol. The van der Waals surface area contributed by atoms with Gasteiger partial charge in [-0.3, -0.25) is 0 Å². The minimum atomic E-state index is 0.692. The van der Waals surface area contributed by atoms with E-state index in [2.05, 4.69) is 41.4 Å². The summed E-state index contributed by atoms with van der Waals surface area (Å²) in [5, 5.41) is 0.692. The lowest BCUT2D eigenvalue weighted by atomic mass is 10.1. The van der Waals surface area contributed by atoms with Crippen LogP contribution in [0, 0.1) is 0 Å². The number of thioether (sulfide) groups is 1. The first-order valence-electron chi connectivity index (χ1n) is 8.90. The van der Waals surface area contributed by atoms with Crippen molar-refractivity contribution in [1.82, 2.24) is 9.55 Å². The molecule has 0 saturated carbocycles. The highest BCUT2D eigenvalue weighted by molar-refractivity contribution is 7.99. The molecule has 0 aliphatic rings. The second-order valence-electron chi connectivity index (χ2n) is 6.12. The summed E-state index contributed by atoms with van der Waals surface area (Å²) < 4.78 is 2.18. The molecule has 0 saturated heterocycles. The summed E-state index contributed by atoms with van der Waals surface area (Å²) in [4.78, 5) is 4.09. The number of hydrogen-bond donors (Lipinski definition) is 0. The van der Waals surface area contributed by atoms with Crippen LogP contribution >= 0.6 is 11.8 Å². The lowest BCUT2D eigenvalue weighted by Crippen LogP contribution is -2.08. The van der Waals surface area contributed by atoms with Crippen molar-refractivity contribution < 1.29 is 0 Å². The molecule has 0 bridgehead atoms. The van der Waals surface area contributed by atoms with Gasteiger partial charge in [0.15, 0.2) is 0 Å². The quantitative estimate of drug-likeness (QED) is 0.397. The first kappa shape index (κ1) is 18.6. The van der Waals surface area contributed by atoms with Crippen LogP contribution in [0.1, 0.15) is 78.1 Å². The summed E-state index contributed by atoms with van der Waals surface area (Å²) >= 11 is 2.10. The van der Waals surface area contributed by atoms with Crippen molar-refractivity contribution in [3.63, 3.8) is 0 Å². The summed E-state index contributed by atoms with van der Waals surface area (Å²) in [5.74, 6) is 1.31. The molecule has 0 N–H and O–H groups in total. The second kappa shape index (κ2) is 13.2. The highest BCUT2D eigenvalue weighted by Gasteiger charge is 2.03. The van der Waals surface area contributed by atoms with Gasteiger partial charge in [-0.2, -0.15) is 11.8 Å². The van der Waals surface area contributed by atoms with Gasteiger partial charge < -0.3 is 4.57 Å². The zero-order chi connectivity index (χ0) is 15.2. The van der Waals surface area contributed by atoms with Gasteiger partial charge in [0.1, 0.15) is 0 Å². The van der Waals surface area contributed by atoms with Gasteiger partial charge in [-0.15, -0.1) is 0 Å². The number of aromatic nitrogens is 2. The van der Waals surface area contributed by atoms with Crippen molar-refractivity contribution >= 4 is 11.8 Å². The largest absolute Gasteiger partial charge is 0.336 e. The number of nitrogens with zero attached hydrogens (tertiary/aromatic N) is 2. The van der Waals surface area contributed by atoms with Crippen molar-refractivity contribution in [2.45, 2.75) is 89.9 Å². The molecule has 0 aromatic carbocycles. The molecular formula is C18H34N2S. The first-order valence-corrected chi connectivity index (χ1v) is 9.95. The van der Waals surface area contributed by atoms with Crippen LogP contribution < -0.4 is 0 Å². The molecule has 0 fully saturated rings. The van der Waals surface area contributed by atoms with E-state index in [1.54, 1.807) is 0 Å². The third-order valence-electron chi connectivity index (χ3n) is 3.93. The maximum absolute atomic E-state index is 4.09. The highest BCUT2D eigenvalue weighted by Crippen LogP contribution is 2.16. The molecule has 1 unspecified atom stereocenters. The fourth-order valence-electron chi connectivity index (χ4n) is 2.62. The Morgan fingerprint density at radius 3 is 2.14 bits per heavy atom. The monoisotopic (exact) mass is 310 g/mol. The summed E-state index contributed by atoms with van der Waals surface area (Å²) in [6.07, 6.45) is 20.1. The van der Waals surface area contributed by atoms with E-state index in [0.29, 0.717) is 5.25 Å². The Morgan fingerprint density at radius 1 is 0.952 bits per heavy atom. The van der Waals surface area contributed by atoms with Crippen LogP contribution in [0.3, 0.4) is 0 Å². The van der Waals surface area contributed by atoms with Gasteiger partial charge in [0.25, 0.3) is 0 Å². The SMILES string of the molecule is CCCCCCCCCCCCSC(C)Cn1ccnc1. The molecule has 1 heterocycles. The van der Waals surface area contributed by atoms with Gasteiger partial charge in [0.2, 0.25) is 0 Å².